The molecule has 0 spiro atoms. The molecule has 0 bridgehead atoms. The minimum Gasteiger partial charge on any atom is -0.334 e. The summed E-state index contributed by atoms with van der Waals surface area (Å²) in [5.74, 6) is 0.421. The number of carbonyl (C=O) groups excluding carboxylic acids is 1. The predicted octanol–water partition coefficient (Wildman–Crippen LogP) is 2.39. The molecule has 1 aromatic heterocycles. The van der Waals surface area contributed by atoms with Crippen molar-refractivity contribution in [2.24, 2.45) is 5.92 Å². The summed E-state index contributed by atoms with van der Waals surface area (Å²) in [6.45, 7) is 4.99. The number of hydrogen-bond donors (Lipinski definition) is 0. The van der Waals surface area contributed by atoms with Crippen molar-refractivity contribution in [1.82, 2.24) is 15.1 Å². The lowest BCUT2D eigenvalue weighted by atomic mass is 10.2. The maximum absolute atomic E-state index is 12.3. The molecule has 17 heavy (non-hydrogen) atoms. The second-order valence-corrected chi connectivity index (χ2v) is 5.21. The summed E-state index contributed by atoms with van der Waals surface area (Å²) in [6.07, 6.45) is 2.19. The number of hydrogen-bond acceptors (Lipinski definition) is 3. The Hall–Kier alpha value is -1.16. The van der Waals surface area contributed by atoms with E-state index in [1.54, 1.807) is 12.1 Å². The van der Waals surface area contributed by atoms with Crippen LogP contribution in [0.2, 0.25) is 5.15 Å². The molecule has 1 amide bonds. The van der Waals surface area contributed by atoms with Crippen LogP contribution in [0.3, 0.4) is 0 Å². The van der Waals surface area contributed by atoms with Gasteiger partial charge in [-0.3, -0.25) is 4.79 Å². The molecule has 92 valence electrons. The van der Waals surface area contributed by atoms with Gasteiger partial charge in [-0.25, -0.2) is 0 Å². The van der Waals surface area contributed by atoms with E-state index >= 15 is 0 Å². The van der Waals surface area contributed by atoms with Gasteiger partial charge in [0.15, 0.2) is 10.8 Å². The number of nitrogens with zero attached hydrogens (tertiary/aromatic N) is 3. The van der Waals surface area contributed by atoms with Gasteiger partial charge in [0.2, 0.25) is 0 Å². The lowest BCUT2D eigenvalue weighted by Gasteiger charge is -2.23. The summed E-state index contributed by atoms with van der Waals surface area (Å²) in [6, 6.07) is 3.62. The van der Waals surface area contributed by atoms with Gasteiger partial charge in [0.05, 0.1) is 0 Å². The van der Waals surface area contributed by atoms with Crippen LogP contribution in [0.4, 0.5) is 0 Å². The molecule has 1 saturated carbocycles. The summed E-state index contributed by atoms with van der Waals surface area (Å²) in [7, 11) is 0. The second-order valence-electron chi connectivity index (χ2n) is 4.82. The molecule has 0 aliphatic heterocycles. The third-order valence-corrected chi connectivity index (χ3v) is 2.86. The van der Waals surface area contributed by atoms with E-state index in [4.69, 9.17) is 11.6 Å². The van der Waals surface area contributed by atoms with Gasteiger partial charge in [-0.15, -0.1) is 10.2 Å². The minimum atomic E-state index is -0.0367. The molecule has 2 rings (SSSR count). The average molecular weight is 254 g/mol. The molecule has 1 heterocycles. The van der Waals surface area contributed by atoms with Crippen molar-refractivity contribution in [3.05, 3.63) is 23.0 Å². The molecule has 0 saturated heterocycles. The molecule has 1 aliphatic carbocycles. The average Bonchev–Trinajstić information content (AvgIpc) is 3.09. The topological polar surface area (TPSA) is 46.1 Å². The smallest absolute Gasteiger partial charge is 0.274 e. The Morgan fingerprint density at radius 3 is 2.65 bits per heavy atom. The lowest BCUT2D eigenvalue weighted by Crippen LogP contribution is -2.36. The van der Waals surface area contributed by atoms with Crippen molar-refractivity contribution >= 4 is 17.5 Å². The van der Waals surface area contributed by atoms with Gasteiger partial charge in [0.25, 0.3) is 5.91 Å². The van der Waals surface area contributed by atoms with E-state index in [1.165, 1.54) is 0 Å². The molecule has 0 unspecified atom stereocenters. The Kier molecular flexibility index (Phi) is 3.62. The van der Waals surface area contributed by atoms with Gasteiger partial charge < -0.3 is 4.90 Å². The maximum atomic E-state index is 12.3. The van der Waals surface area contributed by atoms with Crippen molar-refractivity contribution in [2.45, 2.75) is 32.7 Å². The largest absolute Gasteiger partial charge is 0.334 e. The first kappa shape index (κ1) is 12.3. The van der Waals surface area contributed by atoms with Crippen molar-refractivity contribution in [2.75, 3.05) is 6.54 Å². The standard InChI is InChI=1S/C12H16ClN3O/c1-8(2)7-16(9-3-4-9)12(17)10-5-6-11(13)15-14-10/h5-6,8-9H,3-4,7H2,1-2H3. The van der Waals surface area contributed by atoms with Gasteiger partial charge >= 0.3 is 0 Å². The van der Waals surface area contributed by atoms with Gasteiger partial charge in [-0.05, 0) is 30.9 Å². The number of halogens is 1. The van der Waals surface area contributed by atoms with E-state index in [2.05, 4.69) is 24.0 Å². The summed E-state index contributed by atoms with van der Waals surface area (Å²) in [4.78, 5) is 14.2. The molecule has 1 aliphatic rings. The van der Waals surface area contributed by atoms with Crippen molar-refractivity contribution in [1.29, 1.82) is 0 Å². The Bertz CT molecular complexity index is 401. The third-order valence-electron chi connectivity index (χ3n) is 2.66. The summed E-state index contributed by atoms with van der Waals surface area (Å²) in [5.41, 5.74) is 0.377. The zero-order valence-electron chi connectivity index (χ0n) is 10.1. The second kappa shape index (κ2) is 5.00. The molecule has 5 heteroatoms. The van der Waals surface area contributed by atoms with Crippen molar-refractivity contribution < 1.29 is 4.79 Å². The number of rotatable bonds is 4. The van der Waals surface area contributed by atoms with E-state index in [1.807, 2.05) is 4.90 Å². The van der Waals surface area contributed by atoms with E-state index in [-0.39, 0.29) is 5.91 Å². The zero-order chi connectivity index (χ0) is 12.4. The fourth-order valence-corrected chi connectivity index (χ4v) is 1.86. The molecule has 0 N–H and O–H groups in total. The zero-order valence-corrected chi connectivity index (χ0v) is 10.8. The molecule has 0 atom stereocenters. The van der Waals surface area contributed by atoms with Crippen LogP contribution in [0.1, 0.15) is 37.2 Å². The molecular weight excluding hydrogens is 238 g/mol. The van der Waals surface area contributed by atoms with Crippen LogP contribution in [0, 0.1) is 5.92 Å². The molecular formula is C12H16ClN3O. The summed E-state index contributed by atoms with van der Waals surface area (Å²) < 4.78 is 0. The van der Waals surface area contributed by atoms with Crippen LogP contribution in [0.15, 0.2) is 12.1 Å². The van der Waals surface area contributed by atoms with E-state index in [0.29, 0.717) is 22.8 Å². The fraction of sp³-hybridized carbons (Fsp3) is 0.583. The van der Waals surface area contributed by atoms with Crippen LogP contribution >= 0.6 is 11.6 Å². The summed E-state index contributed by atoms with van der Waals surface area (Å²) >= 11 is 5.66. The Labute approximate surface area is 106 Å². The van der Waals surface area contributed by atoms with Gasteiger partial charge in [-0.1, -0.05) is 25.4 Å². The molecule has 1 aromatic rings. The maximum Gasteiger partial charge on any atom is 0.274 e. The normalized spacial score (nSPS) is 15.1. The SMILES string of the molecule is CC(C)CN(C(=O)c1ccc(Cl)nn1)C1CC1. The molecule has 0 radical (unpaired) electrons. The van der Waals surface area contributed by atoms with Gasteiger partial charge in [0, 0.05) is 12.6 Å². The summed E-state index contributed by atoms with van der Waals surface area (Å²) in [5, 5.41) is 7.86. The van der Waals surface area contributed by atoms with Crippen LogP contribution in [0.5, 0.6) is 0 Å². The molecule has 1 fully saturated rings. The van der Waals surface area contributed by atoms with Crippen LogP contribution < -0.4 is 0 Å². The quantitative estimate of drug-likeness (QED) is 0.828. The fourth-order valence-electron chi connectivity index (χ4n) is 1.75. The van der Waals surface area contributed by atoms with E-state index in [0.717, 1.165) is 19.4 Å². The van der Waals surface area contributed by atoms with Crippen molar-refractivity contribution in [3.63, 3.8) is 0 Å². The van der Waals surface area contributed by atoms with Crippen molar-refractivity contribution in [3.8, 4) is 0 Å². The Balaban J connectivity index is 2.12. The number of aromatic nitrogens is 2. The first-order chi connectivity index (χ1) is 8.08. The van der Waals surface area contributed by atoms with E-state index < -0.39 is 0 Å². The Morgan fingerprint density at radius 2 is 2.18 bits per heavy atom. The van der Waals surface area contributed by atoms with Crippen LogP contribution in [-0.4, -0.2) is 33.6 Å². The number of amides is 1. The lowest BCUT2D eigenvalue weighted by molar-refractivity contribution is 0.0715. The highest BCUT2D eigenvalue weighted by atomic mass is 35.5. The van der Waals surface area contributed by atoms with Gasteiger partial charge in [-0.2, -0.15) is 0 Å². The third kappa shape index (κ3) is 3.16. The number of carbonyl (C=O) groups is 1. The van der Waals surface area contributed by atoms with Crippen LogP contribution in [-0.2, 0) is 0 Å². The van der Waals surface area contributed by atoms with Gasteiger partial charge in [0.1, 0.15) is 0 Å². The monoisotopic (exact) mass is 253 g/mol. The molecule has 4 nitrogen and oxygen atoms in total. The highest BCUT2D eigenvalue weighted by molar-refractivity contribution is 6.29. The van der Waals surface area contributed by atoms with E-state index in [9.17, 15) is 4.79 Å². The highest BCUT2D eigenvalue weighted by Gasteiger charge is 2.33. The first-order valence-corrected chi connectivity index (χ1v) is 6.26. The highest BCUT2D eigenvalue weighted by Crippen LogP contribution is 2.28. The minimum absolute atomic E-state index is 0.0367. The van der Waals surface area contributed by atoms with Crippen LogP contribution in [0.25, 0.3) is 0 Å². The predicted molar refractivity (Wildman–Crippen MR) is 65.9 cm³/mol. The Morgan fingerprint density at radius 1 is 1.47 bits per heavy atom. The first-order valence-electron chi connectivity index (χ1n) is 5.88. The molecule has 0 aromatic carbocycles.